The summed E-state index contributed by atoms with van der Waals surface area (Å²) in [5.41, 5.74) is 8.02. The van der Waals surface area contributed by atoms with Crippen LogP contribution in [0.3, 0.4) is 0 Å². The quantitative estimate of drug-likeness (QED) is 0.298. The molecule has 176 valence electrons. The van der Waals surface area contributed by atoms with Gasteiger partial charge in [0.05, 0.1) is 34.5 Å². The highest BCUT2D eigenvalue weighted by Crippen LogP contribution is 2.33. The number of amides is 1. The molecule has 0 saturated heterocycles. The molecule has 3 N–H and O–H groups in total. The van der Waals surface area contributed by atoms with Gasteiger partial charge in [0.15, 0.2) is 0 Å². The molecule has 6 aromatic rings. The van der Waals surface area contributed by atoms with Crippen LogP contribution < -0.4 is 5.32 Å². The molecule has 9 heteroatoms. The first-order valence-electron chi connectivity index (χ1n) is 11.7. The first-order valence-corrected chi connectivity index (χ1v) is 11.7. The SMILES string of the molecule is CCCC(=O)Nc1cncc(-c2ccc3[nH]nc(-c4cc5c(-c6cccnc6)nccc5[nH]4)c3n2)c1. The van der Waals surface area contributed by atoms with Gasteiger partial charge in [-0.3, -0.25) is 24.8 Å². The fourth-order valence-corrected chi connectivity index (χ4v) is 4.26. The van der Waals surface area contributed by atoms with Crippen molar-refractivity contribution >= 4 is 33.5 Å². The Morgan fingerprint density at radius 2 is 1.86 bits per heavy atom. The van der Waals surface area contributed by atoms with Gasteiger partial charge in [-0.05, 0) is 48.9 Å². The average molecular weight is 475 g/mol. The number of nitrogens with zero attached hydrogens (tertiary/aromatic N) is 5. The number of H-pyrrole nitrogens is 2. The Kier molecular flexibility index (Phi) is 5.42. The van der Waals surface area contributed by atoms with Gasteiger partial charge in [0.2, 0.25) is 5.91 Å². The van der Waals surface area contributed by atoms with Gasteiger partial charge < -0.3 is 10.3 Å². The Hall–Kier alpha value is -4.92. The number of hydrogen-bond donors (Lipinski definition) is 3. The van der Waals surface area contributed by atoms with Gasteiger partial charge in [0.1, 0.15) is 11.2 Å². The molecular weight excluding hydrogens is 452 g/mol. The van der Waals surface area contributed by atoms with Crippen molar-refractivity contribution in [1.82, 2.24) is 35.1 Å². The normalized spacial score (nSPS) is 11.2. The second kappa shape index (κ2) is 9.03. The molecule has 0 aliphatic rings. The highest BCUT2D eigenvalue weighted by atomic mass is 16.1. The van der Waals surface area contributed by atoms with Crippen molar-refractivity contribution in [2.45, 2.75) is 19.8 Å². The van der Waals surface area contributed by atoms with Gasteiger partial charge in [-0.2, -0.15) is 5.10 Å². The number of nitrogens with one attached hydrogen (secondary N) is 3. The Morgan fingerprint density at radius 3 is 2.72 bits per heavy atom. The highest BCUT2D eigenvalue weighted by Gasteiger charge is 2.16. The number of carbonyl (C=O) groups excluding carboxylic acids is 1. The summed E-state index contributed by atoms with van der Waals surface area (Å²) in [4.78, 5) is 33.5. The van der Waals surface area contributed by atoms with E-state index in [1.807, 2.05) is 49.4 Å². The lowest BCUT2D eigenvalue weighted by molar-refractivity contribution is -0.116. The van der Waals surface area contributed by atoms with Crippen LogP contribution in [0.5, 0.6) is 0 Å². The van der Waals surface area contributed by atoms with Crippen LogP contribution in [0.1, 0.15) is 19.8 Å². The van der Waals surface area contributed by atoms with Crippen molar-refractivity contribution in [2.24, 2.45) is 0 Å². The maximum absolute atomic E-state index is 12.0. The smallest absolute Gasteiger partial charge is 0.224 e. The Labute approximate surface area is 206 Å². The number of hydrogen-bond acceptors (Lipinski definition) is 6. The lowest BCUT2D eigenvalue weighted by atomic mass is 10.1. The van der Waals surface area contributed by atoms with Crippen molar-refractivity contribution in [1.29, 1.82) is 0 Å². The zero-order valence-electron chi connectivity index (χ0n) is 19.5. The van der Waals surface area contributed by atoms with Crippen LogP contribution in [0.2, 0.25) is 0 Å². The van der Waals surface area contributed by atoms with E-state index in [2.05, 4.69) is 35.5 Å². The predicted octanol–water partition coefficient (Wildman–Crippen LogP) is 5.36. The van der Waals surface area contributed by atoms with E-state index in [1.54, 1.807) is 31.0 Å². The Bertz CT molecular complexity index is 1700. The van der Waals surface area contributed by atoms with Crippen molar-refractivity contribution in [3.63, 3.8) is 0 Å². The summed E-state index contributed by atoms with van der Waals surface area (Å²) >= 11 is 0. The zero-order valence-corrected chi connectivity index (χ0v) is 19.5. The molecule has 0 aliphatic carbocycles. The van der Waals surface area contributed by atoms with E-state index in [-0.39, 0.29) is 5.91 Å². The van der Waals surface area contributed by atoms with Gasteiger partial charge in [0, 0.05) is 53.2 Å². The number of pyridine rings is 4. The van der Waals surface area contributed by atoms with Crippen LogP contribution in [0, 0.1) is 0 Å². The molecule has 0 atom stereocenters. The summed E-state index contributed by atoms with van der Waals surface area (Å²) in [6.45, 7) is 1.97. The molecule has 6 heterocycles. The van der Waals surface area contributed by atoms with E-state index in [9.17, 15) is 4.79 Å². The zero-order chi connectivity index (χ0) is 24.5. The Morgan fingerprint density at radius 1 is 0.944 bits per heavy atom. The molecule has 6 aromatic heterocycles. The third kappa shape index (κ3) is 3.96. The average Bonchev–Trinajstić information content (AvgIpc) is 3.53. The van der Waals surface area contributed by atoms with E-state index in [4.69, 9.17) is 4.98 Å². The van der Waals surface area contributed by atoms with Gasteiger partial charge >= 0.3 is 0 Å². The topological polar surface area (TPSA) is 125 Å². The molecule has 9 nitrogen and oxygen atoms in total. The molecule has 0 aliphatic heterocycles. The number of aromatic nitrogens is 7. The van der Waals surface area contributed by atoms with Crippen molar-refractivity contribution in [3.8, 4) is 33.9 Å². The number of aromatic amines is 2. The summed E-state index contributed by atoms with van der Waals surface area (Å²) in [5, 5.41) is 11.5. The molecule has 0 spiro atoms. The number of fused-ring (bicyclic) bond motifs is 2. The highest BCUT2D eigenvalue weighted by molar-refractivity contribution is 5.99. The summed E-state index contributed by atoms with van der Waals surface area (Å²) in [7, 11) is 0. The predicted molar refractivity (Wildman–Crippen MR) is 139 cm³/mol. The lowest BCUT2D eigenvalue weighted by Gasteiger charge is -2.06. The minimum absolute atomic E-state index is 0.0315. The summed E-state index contributed by atoms with van der Waals surface area (Å²) in [6.07, 6.45) is 9.96. The summed E-state index contributed by atoms with van der Waals surface area (Å²) in [6, 6.07) is 13.6. The summed E-state index contributed by atoms with van der Waals surface area (Å²) < 4.78 is 0. The maximum Gasteiger partial charge on any atom is 0.224 e. The lowest BCUT2D eigenvalue weighted by Crippen LogP contribution is -2.10. The molecule has 0 radical (unpaired) electrons. The van der Waals surface area contributed by atoms with E-state index >= 15 is 0 Å². The monoisotopic (exact) mass is 474 g/mol. The van der Waals surface area contributed by atoms with Crippen molar-refractivity contribution in [3.05, 3.63) is 73.4 Å². The van der Waals surface area contributed by atoms with Crippen LogP contribution in [-0.2, 0) is 4.79 Å². The Balaban J connectivity index is 1.40. The van der Waals surface area contributed by atoms with Gasteiger partial charge in [0.25, 0.3) is 0 Å². The fourth-order valence-electron chi connectivity index (χ4n) is 4.26. The van der Waals surface area contributed by atoms with Crippen LogP contribution in [0.4, 0.5) is 5.69 Å². The van der Waals surface area contributed by atoms with E-state index in [1.165, 1.54) is 0 Å². The van der Waals surface area contributed by atoms with Crippen LogP contribution in [0.25, 0.3) is 55.8 Å². The van der Waals surface area contributed by atoms with Gasteiger partial charge in [-0.25, -0.2) is 4.98 Å². The molecule has 0 aromatic carbocycles. The van der Waals surface area contributed by atoms with Crippen LogP contribution >= 0.6 is 0 Å². The molecule has 36 heavy (non-hydrogen) atoms. The first kappa shape index (κ1) is 21.6. The molecule has 0 fully saturated rings. The first-order chi connectivity index (χ1) is 17.7. The molecule has 0 saturated carbocycles. The number of rotatable bonds is 6. The van der Waals surface area contributed by atoms with E-state index in [0.29, 0.717) is 17.8 Å². The minimum atomic E-state index is -0.0315. The maximum atomic E-state index is 12.0. The van der Waals surface area contributed by atoms with Crippen LogP contribution in [0.15, 0.2) is 73.4 Å². The fraction of sp³-hybridized carbons (Fsp3) is 0.111. The van der Waals surface area contributed by atoms with Gasteiger partial charge in [-0.1, -0.05) is 6.92 Å². The third-order valence-corrected chi connectivity index (χ3v) is 5.94. The van der Waals surface area contributed by atoms with E-state index in [0.717, 1.165) is 56.6 Å². The molecule has 6 rings (SSSR count). The molecular formula is C27H22N8O. The van der Waals surface area contributed by atoms with Crippen LogP contribution in [-0.4, -0.2) is 41.0 Å². The van der Waals surface area contributed by atoms with Crippen molar-refractivity contribution in [2.75, 3.05) is 5.32 Å². The number of carbonyl (C=O) groups is 1. The standard InChI is InChI=1S/C27H22N8O/c1-2-4-24(36)31-18-11-17(14-29-15-18)20-6-7-22-26(33-20)27(35-34-22)23-12-19-21(32-23)8-10-30-25(19)16-5-3-9-28-13-16/h3,5-15,32H,2,4H2,1H3,(H,31,36)(H,34,35). The van der Waals surface area contributed by atoms with E-state index < -0.39 is 0 Å². The molecule has 1 amide bonds. The second-order valence-corrected chi connectivity index (χ2v) is 8.47. The minimum Gasteiger partial charge on any atom is -0.353 e. The molecule has 0 bridgehead atoms. The van der Waals surface area contributed by atoms with Crippen molar-refractivity contribution < 1.29 is 4.79 Å². The second-order valence-electron chi connectivity index (χ2n) is 8.47. The molecule has 0 unspecified atom stereocenters. The third-order valence-electron chi connectivity index (χ3n) is 5.94. The number of anilines is 1. The van der Waals surface area contributed by atoms with Gasteiger partial charge in [-0.15, -0.1) is 0 Å². The largest absolute Gasteiger partial charge is 0.353 e. The summed E-state index contributed by atoms with van der Waals surface area (Å²) in [5.74, 6) is -0.0315.